The third kappa shape index (κ3) is 3.59. The molecule has 1 atom stereocenters. The van der Waals surface area contributed by atoms with Crippen molar-refractivity contribution in [3.05, 3.63) is 46.2 Å². The maximum atomic E-state index is 12.5. The fourth-order valence-corrected chi connectivity index (χ4v) is 6.01. The Morgan fingerprint density at radius 2 is 2.06 bits per heavy atom. The predicted molar refractivity (Wildman–Crippen MR) is 127 cm³/mol. The van der Waals surface area contributed by atoms with Crippen molar-refractivity contribution < 1.29 is 14.6 Å². The molecule has 4 heterocycles. The molecule has 5 rings (SSSR count). The Balaban J connectivity index is 1.87. The number of pyridine rings is 2. The van der Waals surface area contributed by atoms with Crippen molar-refractivity contribution in [2.45, 2.75) is 65.1 Å². The molecule has 6 nitrogen and oxygen atoms in total. The van der Waals surface area contributed by atoms with Gasteiger partial charge in [0.2, 0.25) is 0 Å². The quantitative estimate of drug-likeness (QED) is 0.401. The number of hydrogen-bond acceptors (Lipinski definition) is 5. The Morgan fingerprint density at radius 1 is 1.28 bits per heavy atom. The summed E-state index contributed by atoms with van der Waals surface area (Å²) in [5, 5.41) is 11.3. The highest BCUT2D eigenvalue weighted by atomic mass is 32.1. The second-order valence-electron chi connectivity index (χ2n) is 9.46. The Kier molecular flexibility index (Phi) is 5.06. The summed E-state index contributed by atoms with van der Waals surface area (Å²) in [6.07, 6.45) is 6.95. The number of aromatic nitrogens is 3. The van der Waals surface area contributed by atoms with Crippen molar-refractivity contribution in [3.63, 3.8) is 0 Å². The number of nitrogens with one attached hydrogen (secondary N) is 1. The van der Waals surface area contributed by atoms with Crippen LogP contribution in [0.5, 0.6) is 0 Å². The molecule has 1 aliphatic carbocycles. The van der Waals surface area contributed by atoms with Crippen LogP contribution in [-0.4, -0.2) is 31.6 Å². The van der Waals surface area contributed by atoms with Crippen LogP contribution in [0.25, 0.3) is 32.4 Å². The second kappa shape index (κ2) is 7.67. The molecule has 0 amide bonds. The van der Waals surface area contributed by atoms with Crippen molar-refractivity contribution in [1.82, 2.24) is 15.0 Å². The standard InChI is InChI=1S/C25H27N3O3S/c1-13-19(22(24(29)30)31-25(2,3)4)20(14-11-17-16(27-12-14)9-10-26-17)21-15-7-5-6-8-18(15)32-23(21)28-13/h9-12,22,26H,5-8H2,1-4H3,(H,29,30)/t22-/m0/s1. The first-order chi connectivity index (χ1) is 15.2. The van der Waals surface area contributed by atoms with E-state index in [1.165, 1.54) is 16.9 Å². The van der Waals surface area contributed by atoms with Crippen LogP contribution in [-0.2, 0) is 22.4 Å². The number of aryl methyl sites for hydroxylation is 3. The number of carboxylic acid groups (broad SMARTS) is 1. The minimum atomic E-state index is -1.12. The maximum absolute atomic E-state index is 12.5. The molecular formula is C25H27N3O3S. The number of thiophene rings is 1. The van der Waals surface area contributed by atoms with E-state index in [9.17, 15) is 9.90 Å². The second-order valence-corrected chi connectivity index (χ2v) is 10.5. The number of fused-ring (bicyclic) bond motifs is 4. The van der Waals surface area contributed by atoms with Crippen molar-refractivity contribution in [2.75, 3.05) is 0 Å². The fourth-order valence-electron chi connectivity index (χ4n) is 4.69. The predicted octanol–water partition coefficient (Wildman–Crippen LogP) is 5.97. The molecule has 7 heteroatoms. The molecule has 0 saturated heterocycles. The maximum Gasteiger partial charge on any atom is 0.337 e. The van der Waals surface area contributed by atoms with Crippen LogP contribution >= 0.6 is 11.3 Å². The largest absolute Gasteiger partial charge is 0.479 e. The first-order valence-electron chi connectivity index (χ1n) is 11.0. The highest BCUT2D eigenvalue weighted by molar-refractivity contribution is 7.19. The third-order valence-corrected chi connectivity index (χ3v) is 7.16. The molecule has 0 spiro atoms. The Morgan fingerprint density at radius 3 is 2.81 bits per heavy atom. The van der Waals surface area contributed by atoms with E-state index in [2.05, 4.69) is 16.0 Å². The zero-order valence-corrected chi connectivity index (χ0v) is 19.6. The molecule has 0 aromatic carbocycles. The molecule has 32 heavy (non-hydrogen) atoms. The normalized spacial score (nSPS) is 15.2. The van der Waals surface area contributed by atoms with E-state index in [0.717, 1.165) is 51.6 Å². The minimum absolute atomic E-state index is 0.624. The molecule has 0 unspecified atom stereocenters. The van der Waals surface area contributed by atoms with Crippen LogP contribution in [0, 0.1) is 6.92 Å². The van der Waals surface area contributed by atoms with Crippen molar-refractivity contribution >= 4 is 38.6 Å². The summed E-state index contributed by atoms with van der Waals surface area (Å²) >= 11 is 1.74. The lowest BCUT2D eigenvalue weighted by atomic mass is 9.88. The molecule has 0 radical (unpaired) electrons. The van der Waals surface area contributed by atoms with Gasteiger partial charge in [-0.3, -0.25) is 4.98 Å². The topological polar surface area (TPSA) is 88.1 Å². The van der Waals surface area contributed by atoms with Crippen LogP contribution in [0.3, 0.4) is 0 Å². The molecule has 2 N–H and O–H groups in total. The van der Waals surface area contributed by atoms with Gasteiger partial charge in [0.05, 0.1) is 16.6 Å². The highest BCUT2D eigenvalue weighted by Crippen LogP contribution is 2.45. The number of carbonyl (C=O) groups is 1. The van der Waals surface area contributed by atoms with Gasteiger partial charge in [-0.2, -0.15) is 0 Å². The van der Waals surface area contributed by atoms with Gasteiger partial charge in [-0.1, -0.05) is 0 Å². The number of ether oxygens (including phenoxy) is 1. The van der Waals surface area contributed by atoms with Gasteiger partial charge in [0.1, 0.15) is 4.83 Å². The Hall–Kier alpha value is -2.77. The van der Waals surface area contributed by atoms with E-state index < -0.39 is 17.7 Å². The van der Waals surface area contributed by atoms with E-state index >= 15 is 0 Å². The third-order valence-electron chi connectivity index (χ3n) is 5.98. The first-order valence-corrected chi connectivity index (χ1v) is 11.8. The molecular weight excluding hydrogens is 422 g/mol. The van der Waals surface area contributed by atoms with Crippen LogP contribution in [0.4, 0.5) is 0 Å². The van der Waals surface area contributed by atoms with E-state index in [1.807, 2.05) is 46.2 Å². The average Bonchev–Trinajstić information content (AvgIpc) is 3.33. The van der Waals surface area contributed by atoms with Crippen molar-refractivity contribution in [2.24, 2.45) is 0 Å². The van der Waals surface area contributed by atoms with Crippen LogP contribution in [0.15, 0.2) is 24.5 Å². The van der Waals surface area contributed by atoms with E-state index in [4.69, 9.17) is 9.72 Å². The molecule has 0 fully saturated rings. The molecule has 4 aromatic rings. The van der Waals surface area contributed by atoms with Gasteiger partial charge in [-0.15, -0.1) is 11.3 Å². The smallest absolute Gasteiger partial charge is 0.337 e. The molecule has 166 valence electrons. The van der Waals surface area contributed by atoms with Crippen molar-refractivity contribution in [1.29, 1.82) is 0 Å². The zero-order valence-electron chi connectivity index (χ0n) is 18.8. The van der Waals surface area contributed by atoms with E-state index in [-0.39, 0.29) is 0 Å². The van der Waals surface area contributed by atoms with Gasteiger partial charge in [0.15, 0.2) is 6.10 Å². The summed E-state index contributed by atoms with van der Waals surface area (Å²) in [7, 11) is 0. The molecule has 0 saturated carbocycles. The number of hydrogen-bond donors (Lipinski definition) is 2. The summed E-state index contributed by atoms with van der Waals surface area (Å²) in [5.41, 5.74) is 5.58. The number of aromatic amines is 1. The summed E-state index contributed by atoms with van der Waals surface area (Å²) in [6.45, 7) is 7.52. The van der Waals surface area contributed by atoms with Gasteiger partial charge in [0, 0.05) is 45.0 Å². The van der Waals surface area contributed by atoms with Gasteiger partial charge in [-0.05, 0) is 71.1 Å². The first kappa shape index (κ1) is 21.1. The summed E-state index contributed by atoms with van der Waals surface area (Å²) in [5.74, 6) is -1.01. The summed E-state index contributed by atoms with van der Waals surface area (Å²) in [4.78, 5) is 27.6. The highest BCUT2D eigenvalue weighted by Gasteiger charge is 2.34. The van der Waals surface area contributed by atoms with Crippen LogP contribution in [0.1, 0.15) is 61.4 Å². The molecule has 1 aliphatic rings. The number of nitrogens with zero attached hydrogens (tertiary/aromatic N) is 2. The van der Waals surface area contributed by atoms with E-state index in [1.54, 1.807) is 11.3 Å². The summed E-state index contributed by atoms with van der Waals surface area (Å²) < 4.78 is 6.11. The molecule has 4 aromatic heterocycles. The fraction of sp³-hybridized carbons (Fsp3) is 0.400. The van der Waals surface area contributed by atoms with Crippen molar-refractivity contribution in [3.8, 4) is 11.1 Å². The average molecular weight is 450 g/mol. The summed E-state index contributed by atoms with van der Waals surface area (Å²) in [6, 6.07) is 3.99. The SMILES string of the molecule is Cc1nc2sc3c(c2c(-c2cnc4cc[nH]c4c2)c1[C@H](OC(C)(C)C)C(=O)O)CCCC3. The molecule has 0 bridgehead atoms. The Labute approximate surface area is 190 Å². The lowest BCUT2D eigenvalue weighted by molar-refractivity contribution is -0.160. The Bertz CT molecular complexity index is 1350. The van der Waals surface area contributed by atoms with Crippen LogP contribution in [0.2, 0.25) is 0 Å². The van der Waals surface area contributed by atoms with E-state index in [0.29, 0.717) is 11.3 Å². The number of H-pyrrole nitrogens is 1. The van der Waals surface area contributed by atoms with Gasteiger partial charge in [-0.25, -0.2) is 9.78 Å². The number of rotatable bonds is 4. The van der Waals surface area contributed by atoms with Gasteiger partial charge in [0.25, 0.3) is 0 Å². The van der Waals surface area contributed by atoms with Crippen LogP contribution < -0.4 is 0 Å². The number of carboxylic acids is 1. The molecule has 0 aliphatic heterocycles. The monoisotopic (exact) mass is 449 g/mol. The zero-order chi connectivity index (χ0) is 22.6. The lowest BCUT2D eigenvalue weighted by Crippen LogP contribution is -2.28. The minimum Gasteiger partial charge on any atom is -0.479 e. The van der Waals surface area contributed by atoms with Gasteiger partial charge < -0.3 is 14.8 Å². The lowest BCUT2D eigenvalue weighted by Gasteiger charge is -2.28. The van der Waals surface area contributed by atoms with Gasteiger partial charge >= 0.3 is 5.97 Å². The number of aliphatic carboxylic acids is 1.